The van der Waals surface area contributed by atoms with Crippen molar-refractivity contribution >= 4 is 17.6 Å². The van der Waals surface area contributed by atoms with Crippen LogP contribution in [0.4, 0.5) is 5.69 Å². The lowest BCUT2D eigenvalue weighted by atomic mass is 9.63. The van der Waals surface area contributed by atoms with Crippen LogP contribution in [0.5, 0.6) is 0 Å². The normalized spacial score (nSPS) is 16.9. The van der Waals surface area contributed by atoms with Crippen molar-refractivity contribution in [3.63, 3.8) is 0 Å². The third-order valence-electron chi connectivity index (χ3n) is 6.07. The first-order valence-electron chi connectivity index (χ1n) is 9.77. The average molecular weight is 380 g/mol. The number of carboxylic acid groups (broad SMARTS) is 1. The van der Waals surface area contributed by atoms with Crippen molar-refractivity contribution in [2.45, 2.75) is 64.8 Å². The molecule has 0 bridgehead atoms. The van der Waals surface area contributed by atoms with Crippen LogP contribution in [0.3, 0.4) is 0 Å². The van der Waals surface area contributed by atoms with E-state index in [-0.39, 0.29) is 22.3 Å². The fourth-order valence-corrected chi connectivity index (χ4v) is 4.06. The van der Waals surface area contributed by atoms with Crippen LogP contribution in [0.15, 0.2) is 42.5 Å². The second-order valence-electron chi connectivity index (χ2n) is 9.10. The lowest BCUT2D eigenvalue weighted by Crippen LogP contribution is -2.35. The van der Waals surface area contributed by atoms with Gasteiger partial charge in [0.25, 0.3) is 0 Å². The number of aromatic carboxylic acids is 1. The van der Waals surface area contributed by atoms with Gasteiger partial charge in [0, 0.05) is 12.6 Å². The molecule has 0 saturated carbocycles. The molecule has 148 valence electrons. The van der Waals surface area contributed by atoms with E-state index in [1.165, 1.54) is 11.1 Å². The summed E-state index contributed by atoms with van der Waals surface area (Å²) in [5, 5.41) is 9.06. The smallest absolute Gasteiger partial charge is 0.335 e. The SMILES string of the molecule is CC(=O)N(Cc1ccc(C(=O)O)cc1)c1ccc2c(c1)C(C)(C)CCC2(C)C. The Morgan fingerprint density at radius 2 is 1.50 bits per heavy atom. The fourth-order valence-electron chi connectivity index (χ4n) is 4.06. The molecular formula is C24H29NO3. The first-order chi connectivity index (χ1) is 13.0. The van der Waals surface area contributed by atoms with Crippen LogP contribution < -0.4 is 4.90 Å². The Bertz CT molecular complexity index is 910. The van der Waals surface area contributed by atoms with Crippen molar-refractivity contribution in [1.82, 2.24) is 0 Å². The third-order valence-corrected chi connectivity index (χ3v) is 6.07. The van der Waals surface area contributed by atoms with E-state index in [0.29, 0.717) is 6.54 Å². The van der Waals surface area contributed by atoms with Gasteiger partial charge in [0.1, 0.15) is 0 Å². The largest absolute Gasteiger partial charge is 0.478 e. The van der Waals surface area contributed by atoms with Gasteiger partial charge in [0.2, 0.25) is 5.91 Å². The van der Waals surface area contributed by atoms with Gasteiger partial charge >= 0.3 is 5.97 Å². The Labute approximate surface area is 167 Å². The number of anilines is 1. The Hall–Kier alpha value is -2.62. The van der Waals surface area contributed by atoms with Crippen molar-refractivity contribution in [1.29, 1.82) is 0 Å². The molecule has 4 nitrogen and oxygen atoms in total. The monoisotopic (exact) mass is 379 g/mol. The summed E-state index contributed by atoms with van der Waals surface area (Å²) in [4.78, 5) is 25.2. The van der Waals surface area contributed by atoms with Crippen molar-refractivity contribution in [2.24, 2.45) is 0 Å². The summed E-state index contributed by atoms with van der Waals surface area (Å²) < 4.78 is 0. The third kappa shape index (κ3) is 3.82. The highest BCUT2D eigenvalue weighted by Gasteiger charge is 2.37. The number of carbonyl (C=O) groups excluding carboxylic acids is 1. The topological polar surface area (TPSA) is 57.6 Å². The molecule has 0 aromatic heterocycles. The molecule has 1 aliphatic carbocycles. The van der Waals surface area contributed by atoms with Crippen LogP contribution in [-0.2, 0) is 22.2 Å². The van der Waals surface area contributed by atoms with E-state index in [1.54, 1.807) is 36.1 Å². The van der Waals surface area contributed by atoms with Crippen molar-refractivity contribution < 1.29 is 14.7 Å². The van der Waals surface area contributed by atoms with Gasteiger partial charge < -0.3 is 10.0 Å². The maximum Gasteiger partial charge on any atom is 0.335 e. The molecule has 2 aromatic carbocycles. The van der Waals surface area contributed by atoms with Crippen LogP contribution in [0, 0.1) is 0 Å². The molecule has 28 heavy (non-hydrogen) atoms. The molecule has 3 rings (SSSR count). The summed E-state index contributed by atoms with van der Waals surface area (Å²) in [6, 6.07) is 13.1. The highest BCUT2D eigenvalue weighted by atomic mass is 16.4. The summed E-state index contributed by atoms with van der Waals surface area (Å²) in [6.45, 7) is 11.1. The van der Waals surface area contributed by atoms with Crippen molar-refractivity contribution in [2.75, 3.05) is 4.90 Å². The van der Waals surface area contributed by atoms with E-state index < -0.39 is 5.97 Å². The average Bonchev–Trinajstić information content (AvgIpc) is 2.63. The van der Waals surface area contributed by atoms with Gasteiger partial charge in [-0.15, -0.1) is 0 Å². The number of hydrogen-bond acceptors (Lipinski definition) is 2. The molecule has 0 radical (unpaired) electrons. The van der Waals surface area contributed by atoms with Gasteiger partial charge in [0.15, 0.2) is 0 Å². The van der Waals surface area contributed by atoms with E-state index in [2.05, 4.69) is 39.8 Å². The maximum atomic E-state index is 12.4. The van der Waals surface area contributed by atoms with Crippen LogP contribution >= 0.6 is 0 Å². The lowest BCUT2D eigenvalue weighted by molar-refractivity contribution is -0.116. The Kier molecular flexibility index (Phi) is 5.09. The van der Waals surface area contributed by atoms with E-state index in [4.69, 9.17) is 5.11 Å². The number of nitrogens with zero attached hydrogens (tertiary/aromatic N) is 1. The number of carboxylic acids is 1. The predicted molar refractivity (Wildman–Crippen MR) is 112 cm³/mol. The summed E-state index contributed by atoms with van der Waals surface area (Å²) in [5.74, 6) is -0.982. The number of amides is 1. The standard InChI is InChI=1S/C24H29NO3/c1-16(26)25(15-17-6-8-18(9-7-17)22(27)28)19-10-11-20-21(14-19)24(4,5)13-12-23(20,2)3/h6-11,14H,12-13,15H2,1-5H3,(H,27,28). The first kappa shape index (κ1) is 20.1. The Balaban J connectivity index is 1.97. The van der Waals surface area contributed by atoms with E-state index in [0.717, 1.165) is 24.1 Å². The van der Waals surface area contributed by atoms with Crippen LogP contribution in [0.1, 0.15) is 74.5 Å². The minimum atomic E-state index is -0.950. The van der Waals surface area contributed by atoms with E-state index >= 15 is 0 Å². The van der Waals surface area contributed by atoms with Crippen LogP contribution in [0.25, 0.3) is 0 Å². The molecule has 0 heterocycles. The molecule has 0 fully saturated rings. The van der Waals surface area contributed by atoms with Gasteiger partial charge in [-0.3, -0.25) is 4.79 Å². The minimum absolute atomic E-state index is 0.0323. The van der Waals surface area contributed by atoms with Crippen molar-refractivity contribution in [3.05, 3.63) is 64.7 Å². The zero-order chi connectivity index (χ0) is 20.7. The Morgan fingerprint density at radius 1 is 0.929 bits per heavy atom. The first-order valence-corrected chi connectivity index (χ1v) is 9.77. The molecule has 1 aliphatic rings. The summed E-state index contributed by atoms with van der Waals surface area (Å²) in [6.07, 6.45) is 2.27. The zero-order valence-electron chi connectivity index (χ0n) is 17.4. The zero-order valence-corrected chi connectivity index (χ0v) is 17.4. The van der Waals surface area contributed by atoms with Gasteiger partial charge in [-0.25, -0.2) is 4.79 Å². The second-order valence-corrected chi connectivity index (χ2v) is 9.10. The molecule has 2 aromatic rings. The summed E-state index contributed by atoms with van der Waals surface area (Å²) >= 11 is 0. The second kappa shape index (κ2) is 7.08. The van der Waals surface area contributed by atoms with Gasteiger partial charge in [-0.05, 0) is 64.6 Å². The quantitative estimate of drug-likeness (QED) is 0.785. The van der Waals surface area contributed by atoms with Crippen LogP contribution in [-0.4, -0.2) is 17.0 Å². The molecule has 0 saturated heterocycles. The molecule has 0 atom stereocenters. The lowest BCUT2D eigenvalue weighted by Gasteiger charge is -2.42. The number of fused-ring (bicyclic) bond motifs is 1. The highest BCUT2D eigenvalue weighted by Crippen LogP contribution is 2.46. The van der Waals surface area contributed by atoms with E-state index in [1.807, 2.05) is 6.07 Å². The molecule has 4 heteroatoms. The van der Waals surface area contributed by atoms with E-state index in [9.17, 15) is 9.59 Å². The molecule has 0 aliphatic heterocycles. The molecule has 1 amide bonds. The number of carbonyl (C=O) groups is 2. The number of benzene rings is 2. The van der Waals surface area contributed by atoms with Crippen LogP contribution in [0.2, 0.25) is 0 Å². The maximum absolute atomic E-state index is 12.4. The van der Waals surface area contributed by atoms with Gasteiger partial charge in [-0.2, -0.15) is 0 Å². The minimum Gasteiger partial charge on any atom is -0.478 e. The summed E-state index contributed by atoms with van der Waals surface area (Å²) in [7, 11) is 0. The van der Waals surface area contributed by atoms with Gasteiger partial charge in [-0.1, -0.05) is 45.9 Å². The molecular weight excluding hydrogens is 350 g/mol. The molecule has 1 N–H and O–H groups in total. The number of rotatable bonds is 4. The predicted octanol–water partition coefficient (Wildman–Crippen LogP) is 5.29. The summed E-state index contributed by atoms with van der Waals surface area (Å²) in [5.41, 5.74) is 4.92. The molecule has 0 unspecified atom stereocenters. The molecule has 0 spiro atoms. The fraction of sp³-hybridized carbons (Fsp3) is 0.417. The van der Waals surface area contributed by atoms with Gasteiger partial charge in [0.05, 0.1) is 12.1 Å². The number of hydrogen-bond donors (Lipinski definition) is 1. The highest BCUT2D eigenvalue weighted by molar-refractivity contribution is 5.92. The van der Waals surface area contributed by atoms with Crippen molar-refractivity contribution in [3.8, 4) is 0 Å². The Morgan fingerprint density at radius 3 is 2.04 bits per heavy atom.